The first kappa shape index (κ1) is 34.6. The summed E-state index contributed by atoms with van der Waals surface area (Å²) in [5.41, 5.74) is 16.0. The molecular formula is C54H42N2. The van der Waals surface area contributed by atoms with E-state index >= 15 is 0 Å². The predicted octanol–water partition coefficient (Wildman–Crippen LogP) is 14.8. The van der Waals surface area contributed by atoms with E-state index in [1.165, 1.54) is 93.9 Å². The number of rotatable bonds is 6. The standard InChI is InChI=1S/C29H23N.C25H19N/c1-3-10-21(2)23-15-17-28-26(19-23)27-20-24(22-11-6-4-7-12-22)16-18-29(27)30(28)25-13-8-5-9-14-25;1-18-13-15-19(16-14-18)20-7-6-8-21(17-20)26-24-11-4-2-9-22(24)23-10-3-5-12-25(23)26/h3-20H,1H2,2H3;2-17H,1H3/b21-10+;. The van der Waals surface area contributed by atoms with E-state index in [0.29, 0.717) is 0 Å². The van der Waals surface area contributed by atoms with Crippen LogP contribution >= 0.6 is 0 Å². The molecule has 0 aliphatic carbocycles. The Morgan fingerprint density at radius 1 is 0.411 bits per heavy atom. The van der Waals surface area contributed by atoms with Gasteiger partial charge in [0.15, 0.2) is 0 Å². The summed E-state index contributed by atoms with van der Waals surface area (Å²) in [6.45, 7) is 8.10. The Hall–Kier alpha value is -7.16. The highest BCUT2D eigenvalue weighted by molar-refractivity contribution is 6.11. The molecule has 0 saturated carbocycles. The molecule has 0 aliphatic heterocycles. The summed E-state index contributed by atoms with van der Waals surface area (Å²) in [6, 6.07) is 69.5. The first-order valence-electron chi connectivity index (χ1n) is 19.2. The lowest BCUT2D eigenvalue weighted by atomic mass is 10.0. The van der Waals surface area contributed by atoms with E-state index in [9.17, 15) is 0 Å². The van der Waals surface area contributed by atoms with Gasteiger partial charge in [0.1, 0.15) is 0 Å². The molecule has 2 heteroatoms. The second-order valence-corrected chi connectivity index (χ2v) is 14.4. The highest BCUT2D eigenvalue weighted by Gasteiger charge is 2.15. The molecular weight excluding hydrogens is 677 g/mol. The molecule has 0 aliphatic rings. The van der Waals surface area contributed by atoms with Gasteiger partial charge < -0.3 is 9.13 Å². The average Bonchev–Trinajstić information content (AvgIpc) is 3.77. The Morgan fingerprint density at radius 2 is 0.893 bits per heavy atom. The molecule has 8 aromatic carbocycles. The lowest BCUT2D eigenvalue weighted by Crippen LogP contribution is -1.94. The lowest BCUT2D eigenvalue weighted by Gasteiger charge is -2.10. The minimum Gasteiger partial charge on any atom is -0.309 e. The molecule has 10 aromatic rings. The Morgan fingerprint density at radius 3 is 1.57 bits per heavy atom. The van der Waals surface area contributed by atoms with Gasteiger partial charge in [0.2, 0.25) is 0 Å². The van der Waals surface area contributed by atoms with Gasteiger partial charge in [-0.25, -0.2) is 0 Å². The molecule has 2 heterocycles. The summed E-state index contributed by atoms with van der Waals surface area (Å²) >= 11 is 0. The van der Waals surface area contributed by atoms with Crippen molar-refractivity contribution in [1.82, 2.24) is 9.13 Å². The van der Waals surface area contributed by atoms with Crippen molar-refractivity contribution < 1.29 is 0 Å². The van der Waals surface area contributed by atoms with Crippen LogP contribution in [-0.4, -0.2) is 9.13 Å². The van der Waals surface area contributed by atoms with Crippen molar-refractivity contribution in [2.24, 2.45) is 0 Å². The number of fused-ring (bicyclic) bond motifs is 6. The quantitative estimate of drug-likeness (QED) is 0.152. The monoisotopic (exact) mass is 718 g/mol. The van der Waals surface area contributed by atoms with Crippen molar-refractivity contribution in [2.75, 3.05) is 0 Å². The van der Waals surface area contributed by atoms with Gasteiger partial charge in [-0.2, -0.15) is 0 Å². The first-order valence-corrected chi connectivity index (χ1v) is 19.2. The maximum absolute atomic E-state index is 3.85. The molecule has 10 rings (SSSR count). The Balaban J connectivity index is 0.000000148. The van der Waals surface area contributed by atoms with Crippen LogP contribution in [0.5, 0.6) is 0 Å². The number of aryl methyl sites for hydroxylation is 1. The third kappa shape index (κ3) is 6.42. The fraction of sp³-hybridized carbons (Fsp3) is 0.0370. The highest BCUT2D eigenvalue weighted by atomic mass is 15.0. The maximum Gasteiger partial charge on any atom is 0.0541 e. The second kappa shape index (κ2) is 14.9. The molecule has 56 heavy (non-hydrogen) atoms. The summed E-state index contributed by atoms with van der Waals surface area (Å²) in [6.07, 6.45) is 3.91. The molecule has 2 aromatic heterocycles. The van der Waals surface area contributed by atoms with Gasteiger partial charge in [0.25, 0.3) is 0 Å². The smallest absolute Gasteiger partial charge is 0.0541 e. The van der Waals surface area contributed by atoms with Gasteiger partial charge in [-0.3, -0.25) is 0 Å². The van der Waals surface area contributed by atoms with Gasteiger partial charge in [0, 0.05) is 32.9 Å². The van der Waals surface area contributed by atoms with Crippen molar-refractivity contribution in [2.45, 2.75) is 13.8 Å². The zero-order chi connectivity index (χ0) is 38.0. The second-order valence-electron chi connectivity index (χ2n) is 14.4. The summed E-state index contributed by atoms with van der Waals surface area (Å²) in [7, 11) is 0. The van der Waals surface area contributed by atoms with Crippen molar-refractivity contribution in [3.8, 4) is 33.6 Å². The Kier molecular flexibility index (Phi) is 9.23. The van der Waals surface area contributed by atoms with Crippen molar-refractivity contribution in [3.63, 3.8) is 0 Å². The van der Waals surface area contributed by atoms with Gasteiger partial charge in [0.05, 0.1) is 22.1 Å². The van der Waals surface area contributed by atoms with Crippen molar-refractivity contribution >= 4 is 49.2 Å². The first-order chi connectivity index (χ1) is 27.6. The zero-order valence-corrected chi connectivity index (χ0v) is 31.7. The van der Waals surface area contributed by atoms with Crippen molar-refractivity contribution in [1.29, 1.82) is 0 Å². The van der Waals surface area contributed by atoms with Crippen LogP contribution in [0.15, 0.2) is 213 Å². The van der Waals surface area contributed by atoms with Crippen LogP contribution in [-0.2, 0) is 0 Å². The number of nitrogens with zero attached hydrogens (tertiary/aromatic N) is 2. The molecule has 0 bridgehead atoms. The summed E-state index contributed by atoms with van der Waals surface area (Å²) in [5.74, 6) is 0. The molecule has 2 nitrogen and oxygen atoms in total. The van der Waals surface area contributed by atoms with Crippen LogP contribution in [0.1, 0.15) is 18.1 Å². The molecule has 268 valence electrons. The predicted molar refractivity (Wildman–Crippen MR) is 241 cm³/mol. The van der Waals surface area contributed by atoms with E-state index in [2.05, 4.69) is 230 Å². The van der Waals surface area contributed by atoms with Gasteiger partial charge >= 0.3 is 0 Å². The number of hydrogen-bond acceptors (Lipinski definition) is 0. The molecule has 0 spiro atoms. The molecule has 0 N–H and O–H groups in total. The number of allylic oxidation sites excluding steroid dienone is 3. The van der Waals surface area contributed by atoms with Crippen LogP contribution in [0.2, 0.25) is 0 Å². The van der Waals surface area contributed by atoms with Gasteiger partial charge in [-0.1, -0.05) is 158 Å². The van der Waals surface area contributed by atoms with E-state index in [0.717, 1.165) is 0 Å². The van der Waals surface area contributed by atoms with Crippen LogP contribution in [0.3, 0.4) is 0 Å². The molecule has 0 radical (unpaired) electrons. The molecule has 0 unspecified atom stereocenters. The third-order valence-corrected chi connectivity index (χ3v) is 10.8. The van der Waals surface area contributed by atoms with Crippen LogP contribution < -0.4 is 0 Å². The SMILES string of the molecule is C=C/C=C(\C)c1ccc2c(c1)c1cc(-c3ccccc3)ccc1n2-c1ccccc1.Cc1ccc(-c2cccc(-n3c4ccccc4c4ccccc43)c2)cc1. The summed E-state index contributed by atoms with van der Waals surface area (Å²) < 4.78 is 4.72. The number of aromatic nitrogens is 2. The minimum absolute atomic E-state index is 1.18. The Bertz CT molecular complexity index is 2980. The molecule has 0 fully saturated rings. The van der Waals surface area contributed by atoms with Gasteiger partial charge in [-0.15, -0.1) is 0 Å². The largest absolute Gasteiger partial charge is 0.309 e. The van der Waals surface area contributed by atoms with Crippen LogP contribution in [0.4, 0.5) is 0 Å². The fourth-order valence-corrected chi connectivity index (χ4v) is 7.98. The van der Waals surface area contributed by atoms with E-state index in [1.807, 2.05) is 6.08 Å². The summed E-state index contributed by atoms with van der Waals surface area (Å²) in [4.78, 5) is 0. The van der Waals surface area contributed by atoms with E-state index < -0.39 is 0 Å². The molecule has 0 atom stereocenters. The fourth-order valence-electron chi connectivity index (χ4n) is 7.98. The van der Waals surface area contributed by atoms with Crippen molar-refractivity contribution in [3.05, 3.63) is 224 Å². The average molecular weight is 719 g/mol. The lowest BCUT2D eigenvalue weighted by molar-refractivity contribution is 1.18. The van der Waals surface area contributed by atoms with Gasteiger partial charge in [-0.05, 0) is 108 Å². The minimum atomic E-state index is 1.18. The van der Waals surface area contributed by atoms with E-state index in [-0.39, 0.29) is 0 Å². The van der Waals surface area contributed by atoms with Crippen LogP contribution in [0.25, 0.3) is 82.8 Å². The molecule has 0 saturated heterocycles. The topological polar surface area (TPSA) is 9.86 Å². The maximum atomic E-state index is 3.85. The molecule has 0 amide bonds. The number of benzene rings is 8. The van der Waals surface area contributed by atoms with E-state index in [4.69, 9.17) is 0 Å². The number of para-hydroxylation sites is 3. The third-order valence-electron chi connectivity index (χ3n) is 10.8. The summed E-state index contributed by atoms with van der Waals surface area (Å²) in [5, 5.41) is 5.12. The van der Waals surface area contributed by atoms with Crippen LogP contribution in [0, 0.1) is 6.92 Å². The highest BCUT2D eigenvalue weighted by Crippen LogP contribution is 2.37. The normalized spacial score (nSPS) is 11.6. The zero-order valence-electron chi connectivity index (χ0n) is 31.7. The van der Waals surface area contributed by atoms with E-state index in [1.54, 1.807) is 0 Å². The Labute approximate surface area is 328 Å². The number of hydrogen-bond donors (Lipinski definition) is 0.